The van der Waals surface area contributed by atoms with Crippen LogP contribution in [0.25, 0.3) is 0 Å². The molecular formula is C15H20N6OS. The number of nitrogens with zero attached hydrogens (tertiary/aromatic N) is 4. The first-order chi connectivity index (χ1) is 11.2. The highest BCUT2D eigenvalue weighted by Crippen LogP contribution is 2.19. The molecule has 3 rings (SSSR count). The van der Waals surface area contributed by atoms with Crippen molar-refractivity contribution in [1.29, 1.82) is 0 Å². The van der Waals surface area contributed by atoms with Crippen molar-refractivity contribution < 1.29 is 4.79 Å². The van der Waals surface area contributed by atoms with Crippen LogP contribution in [0.2, 0.25) is 0 Å². The maximum atomic E-state index is 12.1. The van der Waals surface area contributed by atoms with E-state index in [2.05, 4.69) is 25.2 Å². The molecule has 1 saturated heterocycles. The number of hydrogen-bond donors (Lipinski definition) is 2. The minimum absolute atomic E-state index is 0.117. The standard InChI is InChI=1S/C15H20N6OS/c16-13-12(17-5-6-18-13)14(22)20-15-19-11(10-23-15)9-21-7-3-1-2-4-8-21/h5-6,10H,1-4,7-9H2,(H2,16,18)(H,19,20,22). The zero-order valence-corrected chi connectivity index (χ0v) is 13.7. The van der Waals surface area contributed by atoms with Crippen molar-refractivity contribution in [2.75, 3.05) is 24.1 Å². The molecule has 1 fully saturated rings. The van der Waals surface area contributed by atoms with Crippen molar-refractivity contribution in [2.24, 2.45) is 0 Å². The Hall–Kier alpha value is -2.06. The summed E-state index contributed by atoms with van der Waals surface area (Å²) in [4.78, 5) is 26.9. The van der Waals surface area contributed by atoms with E-state index < -0.39 is 0 Å². The van der Waals surface area contributed by atoms with E-state index >= 15 is 0 Å². The number of hydrogen-bond acceptors (Lipinski definition) is 7. The molecule has 0 saturated carbocycles. The van der Waals surface area contributed by atoms with Crippen molar-refractivity contribution in [3.05, 3.63) is 29.2 Å². The zero-order chi connectivity index (χ0) is 16.1. The Labute approximate surface area is 139 Å². The van der Waals surface area contributed by atoms with Gasteiger partial charge in [0.25, 0.3) is 5.91 Å². The highest BCUT2D eigenvalue weighted by atomic mass is 32.1. The Kier molecular flexibility index (Phi) is 5.14. The van der Waals surface area contributed by atoms with Crippen LogP contribution in [0.4, 0.5) is 10.9 Å². The van der Waals surface area contributed by atoms with Crippen molar-refractivity contribution in [1.82, 2.24) is 19.9 Å². The number of nitrogens with one attached hydrogen (secondary N) is 1. The van der Waals surface area contributed by atoms with Crippen LogP contribution in [0, 0.1) is 0 Å². The van der Waals surface area contributed by atoms with E-state index in [1.807, 2.05) is 5.38 Å². The number of thiazole rings is 1. The Bertz CT molecular complexity index is 665. The fourth-order valence-electron chi connectivity index (χ4n) is 2.64. The molecule has 0 aliphatic carbocycles. The van der Waals surface area contributed by atoms with Crippen molar-refractivity contribution in [2.45, 2.75) is 32.2 Å². The number of rotatable bonds is 4. The summed E-state index contributed by atoms with van der Waals surface area (Å²) in [6.45, 7) is 3.07. The average molecular weight is 332 g/mol. The third kappa shape index (κ3) is 4.23. The molecule has 2 aromatic rings. The van der Waals surface area contributed by atoms with Gasteiger partial charge in [-0.25, -0.2) is 15.0 Å². The van der Waals surface area contributed by atoms with Gasteiger partial charge in [0.1, 0.15) is 0 Å². The maximum Gasteiger partial charge on any atom is 0.279 e. The van der Waals surface area contributed by atoms with Crippen LogP contribution >= 0.6 is 11.3 Å². The number of anilines is 2. The van der Waals surface area contributed by atoms with Gasteiger partial charge in [0.05, 0.1) is 5.69 Å². The molecule has 1 aliphatic rings. The van der Waals surface area contributed by atoms with E-state index in [1.54, 1.807) is 0 Å². The van der Waals surface area contributed by atoms with E-state index in [9.17, 15) is 4.79 Å². The molecule has 0 bridgehead atoms. The lowest BCUT2D eigenvalue weighted by molar-refractivity contribution is 0.102. The molecule has 0 radical (unpaired) electrons. The maximum absolute atomic E-state index is 12.1. The monoisotopic (exact) mass is 332 g/mol. The van der Waals surface area contributed by atoms with Gasteiger partial charge in [0.15, 0.2) is 16.6 Å². The lowest BCUT2D eigenvalue weighted by Gasteiger charge is -2.17. The summed E-state index contributed by atoms with van der Waals surface area (Å²) in [6, 6.07) is 0. The van der Waals surface area contributed by atoms with E-state index in [0.29, 0.717) is 5.13 Å². The van der Waals surface area contributed by atoms with Crippen molar-refractivity contribution >= 4 is 28.2 Å². The van der Waals surface area contributed by atoms with Gasteiger partial charge in [-0.05, 0) is 25.9 Å². The number of aromatic nitrogens is 3. The zero-order valence-electron chi connectivity index (χ0n) is 12.9. The highest BCUT2D eigenvalue weighted by Gasteiger charge is 2.15. The van der Waals surface area contributed by atoms with Crippen molar-refractivity contribution in [3.63, 3.8) is 0 Å². The minimum Gasteiger partial charge on any atom is -0.382 e. The average Bonchev–Trinajstić information content (AvgIpc) is 2.81. The van der Waals surface area contributed by atoms with E-state index in [-0.39, 0.29) is 17.4 Å². The first-order valence-electron chi connectivity index (χ1n) is 7.77. The number of carbonyl (C=O) groups excluding carboxylic acids is 1. The summed E-state index contributed by atoms with van der Waals surface area (Å²) in [5.41, 5.74) is 6.77. The molecule has 1 amide bonds. The summed E-state index contributed by atoms with van der Waals surface area (Å²) < 4.78 is 0. The Morgan fingerprint density at radius 1 is 1.22 bits per heavy atom. The molecule has 3 N–H and O–H groups in total. The highest BCUT2D eigenvalue weighted by molar-refractivity contribution is 7.13. The van der Waals surface area contributed by atoms with Crippen LogP contribution in [-0.4, -0.2) is 38.8 Å². The Morgan fingerprint density at radius 3 is 2.70 bits per heavy atom. The predicted octanol–water partition coefficient (Wildman–Crippen LogP) is 2.14. The molecule has 0 atom stereocenters. The third-order valence-corrected chi connectivity index (χ3v) is 4.60. The quantitative estimate of drug-likeness (QED) is 0.890. The van der Waals surface area contributed by atoms with Gasteiger partial charge < -0.3 is 5.73 Å². The summed E-state index contributed by atoms with van der Waals surface area (Å²) >= 11 is 1.41. The number of nitrogens with two attached hydrogens (primary N) is 1. The number of likely N-dealkylation sites (tertiary alicyclic amines) is 1. The lowest BCUT2D eigenvalue weighted by Crippen LogP contribution is -2.24. The normalized spacial score (nSPS) is 16.0. The second-order valence-electron chi connectivity index (χ2n) is 5.58. The van der Waals surface area contributed by atoms with Crippen LogP contribution in [-0.2, 0) is 6.54 Å². The van der Waals surface area contributed by atoms with Gasteiger partial charge in [0.2, 0.25) is 0 Å². The first kappa shape index (κ1) is 15.8. The lowest BCUT2D eigenvalue weighted by atomic mass is 10.2. The second-order valence-corrected chi connectivity index (χ2v) is 6.44. The van der Waals surface area contributed by atoms with Crippen LogP contribution < -0.4 is 11.1 Å². The number of nitrogen functional groups attached to an aromatic ring is 1. The summed E-state index contributed by atoms with van der Waals surface area (Å²) in [5.74, 6) is -0.266. The number of amides is 1. The molecule has 23 heavy (non-hydrogen) atoms. The summed E-state index contributed by atoms with van der Waals surface area (Å²) in [6.07, 6.45) is 8.02. The molecule has 8 heteroatoms. The first-order valence-corrected chi connectivity index (χ1v) is 8.65. The van der Waals surface area contributed by atoms with Crippen LogP contribution in [0.15, 0.2) is 17.8 Å². The predicted molar refractivity (Wildman–Crippen MR) is 90.3 cm³/mol. The summed E-state index contributed by atoms with van der Waals surface area (Å²) in [5, 5.41) is 5.28. The molecule has 0 spiro atoms. The van der Waals surface area contributed by atoms with E-state index in [1.165, 1.54) is 49.4 Å². The largest absolute Gasteiger partial charge is 0.382 e. The molecular weight excluding hydrogens is 312 g/mol. The molecule has 2 aromatic heterocycles. The fraction of sp³-hybridized carbons (Fsp3) is 0.467. The smallest absolute Gasteiger partial charge is 0.279 e. The molecule has 0 aromatic carbocycles. The molecule has 0 unspecified atom stereocenters. The SMILES string of the molecule is Nc1nccnc1C(=O)Nc1nc(CN2CCCCCC2)cs1. The van der Waals surface area contributed by atoms with Gasteiger partial charge in [-0.15, -0.1) is 11.3 Å². The van der Waals surface area contributed by atoms with Gasteiger partial charge in [-0.2, -0.15) is 0 Å². The van der Waals surface area contributed by atoms with Crippen LogP contribution in [0.1, 0.15) is 41.9 Å². The van der Waals surface area contributed by atoms with Gasteiger partial charge in [0, 0.05) is 24.3 Å². The van der Waals surface area contributed by atoms with Crippen LogP contribution in [0.5, 0.6) is 0 Å². The van der Waals surface area contributed by atoms with E-state index in [0.717, 1.165) is 25.3 Å². The molecule has 1 aliphatic heterocycles. The minimum atomic E-state index is -0.383. The fourth-order valence-corrected chi connectivity index (χ4v) is 3.34. The van der Waals surface area contributed by atoms with Gasteiger partial charge in [-0.1, -0.05) is 12.8 Å². The Morgan fingerprint density at radius 2 is 1.96 bits per heavy atom. The van der Waals surface area contributed by atoms with E-state index in [4.69, 9.17) is 5.73 Å². The molecule has 3 heterocycles. The second kappa shape index (κ2) is 7.47. The molecule has 122 valence electrons. The van der Waals surface area contributed by atoms with Gasteiger partial charge >= 0.3 is 0 Å². The van der Waals surface area contributed by atoms with Crippen molar-refractivity contribution in [3.8, 4) is 0 Å². The Balaban J connectivity index is 1.60. The summed E-state index contributed by atoms with van der Waals surface area (Å²) in [7, 11) is 0. The third-order valence-electron chi connectivity index (χ3n) is 3.80. The van der Waals surface area contributed by atoms with Crippen LogP contribution in [0.3, 0.4) is 0 Å². The molecule has 7 nitrogen and oxygen atoms in total. The number of carbonyl (C=O) groups is 1. The van der Waals surface area contributed by atoms with Gasteiger partial charge in [-0.3, -0.25) is 15.0 Å². The topological polar surface area (TPSA) is 97.0 Å².